The molecule has 0 saturated heterocycles. The lowest BCUT2D eigenvalue weighted by molar-refractivity contribution is 0.537. The van der Waals surface area contributed by atoms with Crippen LogP contribution in [0.2, 0.25) is 0 Å². The Hall–Kier alpha value is -2.12. The summed E-state index contributed by atoms with van der Waals surface area (Å²) < 4.78 is 5.28. The molecule has 0 radical (unpaired) electrons. The summed E-state index contributed by atoms with van der Waals surface area (Å²) in [6.45, 7) is 1.82. The highest BCUT2D eigenvalue weighted by Crippen LogP contribution is 2.32. The molecule has 74 valence electrons. The third-order valence-corrected chi connectivity index (χ3v) is 2.07. The number of furan rings is 1. The van der Waals surface area contributed by atoms with Gasteiger partial charge in [0, 0.05) is 5.56 Å². The van der Waals surface area contributed by atoms with Crippen molar-refractivity contribution < 1.29 is 9.21 Å². The minimum absolute atomic E-state index is 0.314. The van der Waals surface area contributed by atoms with E-state index in [1.54, 1.807) is 0 Å². The van der Waals surface area contributed by atoms with Crippen molar-refractivity contribution in [3.63, 3.8) is 0 Å². The largest absolute Gasteiger partial charge is 0.442 e. The van der Waals surface area contributed by atoms with Gasteiger partial charge in [0.05, 0.1) is 0 Å². The Morgan fingerprint density at radius 1 is 1.27 bits per heavy atom. The average Bonchev–Trinajstić information content (AvgIpc) is 2.62. The van der Waals surface area contributed by atoms with E-state index in [9.17, 15) is 4.79 Å². The van der Waals surface area contributed by atoms with Crippen molar-refractivity contribution in [2.24, 2.45) is 4.99 Å². The molecule has 0 N–H and O–H groups in total. The van der Waals surface area contributed by atoms with E-state index in [1.807, 2.05) is 43.3 Å². The zero-order valence-electron chi connectivity index (χ0n) is 8.23. The molecule has 0 aliphatic rings. The van der Waals surface area contributed by atoms with Crippen molar-refractivity contribution in [2.45, 2.75) is 6.92 Å². The summed E-state index contributed by atoms with van der Waals surface area (Å²) in [5, 5.41) is 0. The van der Waals surface area contributed by atoms with Gasteiger partial charge in [0.1, 0.15) is 5.76 Å². The van der Waals surface area contributed by atoms with Gasteiger partial charge in [-0.2, -0.15) is 0 Å². The number of benzene rings is 1. The molecule has 0 amide bonds. The van der Waals surface area contributed by atoms with Crippen LogP contribution in [0.5, 0.6) is 0 Å². The van der Waals surface area contributed by atoms with Crippen LogP contribution in [0.25, 0.3) is 11.1 Å². The molecule has 1 heterocycles. The molecule has 1 aromatic heterocycles. The maximum absolute atomic E-state index is 10.2. The molecule has 0 atom stereocenters. The number of hydrogen-bond donors (Lipinski definition) is 0. The summed E-state index contributed by atoms with van der Waals surface area (Å²) in [6, 6.07) is 11.5. The van der Waals surface area contributed by atoms with Gasteiger partial charge >= 0.3 is 0 Å². The first-order chi connectivity index (χ1) is 7.31. The first kappa shape index (κ1) is 9.44. The van der Waals surface area contributed by atoms with Crippen molar-refractivity contribution in [3.8, 4) is 11.1 Å². The van der Waals surface area contributed by atoms with Gasteiger partial charge in [-0.1, -0.05) is 30.3 Å². The van der Waals surface area contributed by atoms with E-state index < -0.39 is 0 Å². The fourth-order valence-electron chi connectivity index (χ4n) is 1.45. The van der Waals surface area contributed by atoms with Gasteiger partial charge in [0.25, 0.3) is 0 Å². The molecule has 1 aromatic carbocycles. The van der Waals surface area contributed by atoms with Gasteiger partial charge in [0.15, 0.2) is 0 Å². The normalized spacial score (nSPS) is 9.67. The van der Waals surface area contributed by atoms with E-state index in [2.05, 4.69) is 4.99 Å². The smallest absolute Gasteiger partial charge is 0.243 e. The number of carbonyl (C=O) groups excluding carboxylic acids is 1. The molecule has 3 heteroatoms. The van der Waals surface area contributed by atoms with E-state index in [1.165, 1.54) is 6.08 Å². The van der Waals surface area contributed by atoms with E-state index in [0.29, 0.717) is 5.88 Å². The van der Waals surface area contributed by atoms with Gasteiger partial charge in [-0.15, -0.1) is 4.99 Å². The van der Waals surface area contributed by atoms with Crippen molar-refractivity contribution in [1.82, 2.24) is 0 Å². The Morgan fingerprint density at radius 2 is 2.00 bits per heavy atom. The predicted molar refractivity (Wildman–Crippen MR) is 56.7 cm³/mol. The second kappa shape index (κ2) is 3.95. The minimum Gasteiger partial charge on any atom is -0.442 e. The number of hydrogen-bond acceptors (Lipinski definition) is 3. The lowest BCUT2D eigenvalue weighted by Crippen LogP contribution is -1.72. The SMILES string of the molecule is Cc1cc(-c2ccccc2)c(N=C=O)o1. The second-order valence-corrected chi connectivity index (χ2v) is 3.14. The molecule has 2 aromatic rings. The molecule has 3 nitrogen and oxygen atoms in total. The maximum atomic E-state index is 10.2. The maximum Gasteiger partial charge on any atom is 0.243 e. The van der Waals surface area contributed by atoms with Gasteiger partial charge in [-0.3, -0.25) is 0 Å². The topological polar surface area (TPSA) is 42.6 Å². The molecule has 0 aliphatic heterocycles. The van der Waals surface area contributed by atoms with Crippen LogP contribution in [0.3, 0.4) is 0 Å². The number of isocyanates is 1. The molecule has 0 bridgehead atoms. The molecular formula is C12H9NO2. The van der Waals surface area contributed by atoms with E-state index in [-0.39, 0.29) is 0 Å². The lowest BCUT2D eigenvalue weighted by Gasteiger charge is -1.95. The highest BCUT2D eigenvalue weighted by atomic mass is 16.4. The number of aryl methyl sites for hydroxylation is 1. The Morgan fingerprint density at radius 3 is 2.67 bits per heavy atom. The highest BCUT2D eigenvalue weighted by molar-refractivity contribution is 5.74. The van der Waals surface area contributed by atoms with Crippen LogP contribution < -0.4 is 0 Å². The summed E-state index contributed by atoms with van der Waals surface area (Å²) in [5.41, 5.74) is 1.79. The van der Waals surface area contributed by atoms with Gasteiger partial charge in [0.2, 0.25) is 12.0 Å². The molecule has 0 saturated carbocycles. The molecule has 2 rings (SSSR count). The monoisotopic (exact) mass is 199 g/mol. The summed E-state index contributed by atoms with van der Waals surface area (Å²) in [4.78, 5) is 13.7. The number of rotatable bonds is 2. The third kappa shape index (κ3) is 1.87. The van der Waals surface area contributed by atoms with Crippen molar-refractivity contribution in [2.75, 3.05) is 0 Å². The quantitative estimate of drug-likeness (QED) is 0.550. The zero-order valence-corrected chi connectivity index (χ0v) is 8.23. The van der Waals surface area contributed by atoms with Crippen LogP contribution in [-0.2, 0) is 4.79 Å². The van der Waals surface area contributed by atoms with Crippen LogP contribution in [0.1, 0.15) is 5.76 Å². The first-order valence-electron chi connectivity index (χ1n) is 4.55. The third-order valence-electron chi connectivity index (χ3n) is 2.07. The molecular weight excluding hydrogens is 190 g/mol. The summed E-state index contributed by atoms with van der Waals surface area (Å²) >= 11 is 0. The minimum atomic E-state index is 0.314. The molecule has 15 heavy (non-hydrogen) atoms. The van der Waals surface area contributed by atoms with Crippen LogP contribution in [0.4, 0.5) is 5.88 Å². The molecule has 0 unspecified atom stereocenters. The summed E-state index contributed by atoms with van der Waals surface area (Å²) in [5.74, 6) is 1.04. The fourth-order valence-corrected chi connectivity index (χ4v) is 1.45. The van der Waals surface area contributed by atoms with E-state index in [4.69, 9.17) is 4.42 Å². The first-order valence-corrected chi connectivity index (χ1v) is 4.55. The Labute approximate surface area is 87.1 Å². The van der Waals surface area contributed by atoms with Crippen molar-refractivity contribution >= 4 is 12.0 Å². The second-order valence-electron chi connectivity index (χ2n) is 3.14. The van der Waals surface area contributed by atoms with Crippen LogP contribution in [-0.4, -0.2) is 6.08 Å². The van der Waals surface area contributed by atoms with Crippen molar-refractivity contribution in [1.29, 1.82) is 0 Å². The fraction of sp³-hybridized carbons (Fsp3) is 0.0833. The Balaban J connectivity index is 2.57. The number of nitrogens with zero attached hydrogens (tertiary/aromatic N) is 1. The Kier molecular flexibility index (Phi) is 2.48. The molecule has 0 fully saturated rings. The summed E-state index contributed by atoms with van der Waals surface area (Å²) in [7, 11) is 0. The van der Waals surface area contributed by atoms with Gasteiger partial charge in [-0.25, -0.2) is 4.79 Å². The van der Waals surface area contributed by atoms with E-state index in [0.717, 1.165) is 16.9 Å². The predicted octanol–water partition coefficient (Wildman–Crippen LogP) is 3.22. The van der Waals surface area contributed by atoms with E-state index >= 15 is 0 Å². The van der Waals surface area contributed by atoms with Crippen LogP contribution in [0.15, 0.2) is 45.8 Å². The van der Waals surface area contributed by atoms with Crippen LogP contribution in [0, 0.1) is 6.92 Å². The zero-order chi connectivity index (χ0) is 10.7. The van der Waals surface area contributed by atoms with Gasteiger partial charge < -0.3 is 4.42 Å². The Bertz CT molecular complexity index is 508. The molecule has 0 spiro atoms. The lowest BCUT2D eigenvalue weighted by atomic mass is 10.1. The molecule has 0 aliphatic carbocycles. The van der Waals surface area contributed by atoms with Crippen molar-refractivity contribution in [3.05, 3.63) is 42.2 Å². The standard InChI is InChI=1S/C12H9NO2/c1-9-7-11(12(15-9)13-8-14)10-5-3-2-4-6-10/h2-7H,1H3. The highest BCUT2D eigenvalue weighted by Gasteiger charge is 2.09. The summed E-state index contributed by atoms with van der Waals surface area (Å²) in [6.07, 6.45) is 1.49. The average molecular weight is 199 g/mol. The number of aliphatic imine (C=N–C) groups is 1. The van der Waals surface area contributed by atoms with Crippen LogP contribution >= 0.6 is 0 Å². The van der Waals surface area contributed by atoms with Gasteiger partial charge in [-0.05, 0) is 18.6 Å².